The number of non-ortho nitro benzene ring substituents is 1. The number of nitrogens with zero attached hydrogens (tertiary/aromatic N) is 2. The van der Waals surface area contributed by atoms with Crippen LogP contribution in [-0.4, -0.2) is 21.7 Å². The topological polar surface area (TPSA) is 101 Å². The predicted octanol–water partition coefficient (Wildman–Crippen LogP) is 5.24. The van der Waals surface area contributed by atoms with E-state index in [1.807, 2.05) is 0 Å². The van der Waals surface area contributed by atoms with E-state index < -0.39 is 45.7 Å². The van der Waals surface area contributed by atoms with Crippen molar-refractivity contribution in [1.29, 1.82) is 0 Å². The molecule has 1 aliphatic rings. The van der Waals surface area contributed by atoms with E-state index in [1.54, 1.807) is 18.2 Å². The second-order valence-electron chi connectivity index (χ2n) is 7.44. The number of nitro groups is 1. The molecule has 1 amide bonds. The molecule has 1 heterocycles. The molecule has 3 aromatic rings. The van der Waals surface area contributed by atoms with E-state index in [2.05, 4.69) is 0 Å². The number of rotatable bonds is 4. The van der Waals surface area contributed by atoms with Gasteiger partial charge in [0, 0.05) is 23.4 Å². The minimum Gasteiger partial charge on any atom is -0.507 e. The zero-order valence-corrected chi connectivity index (χ0v) is 17.2. The van der Waals surface area contributed by atoms with Crippen LogP contribution in [-0.2, 0) is 15.8 Å². The SMILES string of the molecule is O=C1C(=O)N(c2cccc(C(F)(F)F)c2)[C@H](c2cccc([N+](=O)[O-])c2)C1=C(O)c1ccccc1. The molecule has 0 unspecified atom stereocenters. The van der Waals surface area contributed by atoms with E-state index in [0.29, 0.717) is 6.07 Å². The fourth-order valence-electron chi connectivity index (χ4n) is 3.81. The van der Waals surface area contributed by atoms with Crippen LogP contribution in [0.4, 0.5) is 24.5 Å². The number of Topliss-reactive ketones (excluding diaryl/α,β-unsaturated/α-hetero) is 1. The van der Waals surface area contributed by atoms with E-state index in [1.165, 1.54) is 36.4 Å². The van der Waals surface area contributed by atoms with Crippen molar-refractivity contribution >= 4 is 28.8 Å². The van der Waals surface area contributed by atoms with Gasteiger partial charge >= 0.3 is 6.18 Å². The third-order valence-corrected chi connectivity index (χ3v) is 5.34. The summed E-state index contributed by atoms with van der Waals surface area (Å²) in [5, 5.41) is 22.2. The molecular weight excluding hydrogens is 453 g/mol. The van der Waals surface area contributed by atoms with Crippen molar-refractivity contribution in [3.63, 3.8) is 0 Å². The minimum atomic E-state index is -4.71. The Morgan fingerprint density at radius 2 is 1.62 bits per heavy atom. The van der Waals surface area contributed by atoms with E-state index in [-0.39, 0.29) is 22.5 Å². The van der Waals surface area contributed by atoms with Crippen molar-refractivity contribution in [2.24, 2.45) is 0 Å². The number of carbonyl (C=O) groups excluding carboxylic acids is 2. The van der Waals surface area contributed by atoms with Gasteiger partial charge in [-0.2, -0.15) is 13.2 Å². The predicted molar refractivity (Wildman–Crippen MR) is 116 cm³/mol. The fraction of sp³-hybridized carbons (Fsp3) is 0.0833. The first-order valence-corrected chi connectivity index (χ1v) is 9.87. The Balaban J connectivity index is 1.98. The Bertz CT molecular complexity index is 1340. The number of nitro benzene ring substituents is 1. The number of carbonyl (C=O) groups is 2. The van der Waals surface area contributed by atoms with Crippen LogP contribution in [0.25, 0.3) is 5.76 Å². The summed E-state index contributed by atoms with van der Waals surface area (Å²) in [7, 11) is 0. The van der Waals surface area contributed by atoms with E-state index in [9.17, 15) is 38.0 Å². The van der Waals surface area contributed by atoms with E-state index in [4.69, 9.17) is 0 Å². The van der Waals surface area contributed by atoms with Crippen LogP contribution in [0.15, 0.2) is 84.4 Å². The van der Waals surface area contributed by atoms with Crippen LogP contribution in [0, 0.1) is 10.1 Å². The molecule has 0 aromatic heterocycles. The minimum absolute atomic E-state index is 0.0725. The molecule has 1 atom stereocenters. The molecule has 1 aliphatic heterocycles. The lowest BCUT2D eigenvalue weighted by Gasteiger charge is -2.26. The second kappa shape index (κ2) is 8.47. The molecule has 7 nitrogen and oxygen atoms in total. The molecule has 10 heteroatoms. The molecule has 34 heavy (non-hydrogen) atoms. The average molecular weight is 468 g/mol. The van der Waals surface area contributed by atoms with Gasteiger partial charge in [0.25, 0.3) is 17.4 Å². The monoisotopic (exact) mass is 468 g/mol. The molecule has 1 fully saturated rings. The van der Waals surface area contributed by atoms with Crippen LogP contribution in [0.3, 0.4) is 0 Å². The molecule has 1 N–H and O–H groups in total. The Labute approximate surface area is 190 Å². The van der Waals surface area contributed by atoms with Gasteiger partial charge in [-0.15, -0.1) is 0 Å². The first-order chi connectivity index (χ1) is 16.1. The van der Waals surface area contributed by atoms with Crippen LogP contribution < -0.4 is 4.90 Å². The smallest absolute Gasteiger partial charge is 0.416 e. The first-order valence-electron chi connectivity index (χ1n) is 9.87. The maximum atomic E-state index is 13.3. The number of alkyl halides is 3. The maximum absolute atomic E-state index is 13.3. The third kappa shape index (κ3) is 4.01. The number of anilines is 1. The Kier molecular flexibility index (Phi) is 5.66. The van der Waals surface area contributed by atoms with Crippen molar-refractivity contribution in [3.8, 4) is 0 Å². The number of ketones is 1. The average Bonchev–Trinajstić information content (AvgIpc) is 3.09. The highest BCUT2D eigenvalue weighted by Gasteiger charge is 2.47. The number of hydrogen-bond donors (Lipinski definition) is 1. The second-order valence-corrected chi connectivity index (χ2v) is 7.44. The fourth-order valence-corrected chi connectivity index (χ4v) is 3.81. The number of halogens is 3. The van der Waals surface area contributed by atoms with Gasteiger partial charge in [0.05, 0.1) is 22.1 Å². The molecule has 0 radical (unpaired) electrons. The number of benzene rings is 3. The normalized spacial score (nSPS) is 17.7. The van der Waals surface area contributed by atoms with E-state index >= 15 is 0 Å². The lowest BCUT2D eigenvalue weighted by atomic mass is 9.94. The summed E-state index contributed by atoms with van der Waals surface area (Å²) in [4.78, 5) is 37.5. The molecule has 0 saturated carbocycles. The molecular formula is C24H15F3N2O5. The number of amides is 1. The highest BCUT2D eigenvalue weighted by atomic mass is 19.4. The lowest BCUT2D eigenvalue weighted by molar-refractivity contribution is -0.384. The summed E-state index contributed by atoms with van der Waals surface area (Å²) < 4.78 is 40.0. The Morgan fingerprint density at radius 1 is 0.941 bits per heavy atom. The molecule has 0 spiro atoms. The largest absolute Gasteiger partial charge is 0.507 e. The number of aliphatic hydroxyl groups is 1. The first kappa shape index (κ1) is 22.7. The Hall–Kier alpha value is -4.47. The summed E-state index contributed by atoms with van der Waals surface area (Å²) in [6.45, 7) is 0. The van der Waals surface area contributed by atoms with Crippen molar-refractivity contribution in [3.05, 3.63) is 111 Å². The zero-order chi connectivity index (χ0) is 24.6. The molecule has 3 aromatic carbocycles. The van der Waals surface area contributed by atoms with Crippen LogP contribution in [0.1, 0.15) is 22.7 Å². The maximum Gasteiger partial charge on any atom is 0.416 e. The summed E-state index contributed by atoms with van der Waals surface area (Å²) >= 11 is 0. The molecule has 1 saturated heterocycles. The summed E-state index contributed by atoms with van der Waals surface area (Å²) in [5.74, 6) is -2.85. The van der Waals surface area contributed by atoms with Gasteiger partial charge in [-0.05, 0) is 23.8 Å². The van der Waals surface area contributed by atoms with Gasteiger partial charge in [-0.25, -0.2) is 0 Å². The quantitative estimate of drug-likeness (QED) is 0.186. The highest BCUT2D eigenvalue weighted by molar-refractivity contribution is 6.51. The van der Waals surface area contributed by atoms with Crippen molar-refractivity contribution in [2.45, 2.75) is 12.2 Å². The van der Waals surface area contributed by atoms with E-state index in [0.717, 1.165) is 23.1 Å². The molecule has 0 bridgehead atoms. The summed E-state index contributed by atoms with van der Waals surface area (Å²) in [6.07, 6.45) is -4.71. The molecule has 172 valence electrons. The zero-order valence-electron chi connectivity index (χ0n) is 17.2. The van der Waals surface area contributed by atoms with Gasteiger partial charge in [0.1, 0.15) is 5.76 Å². The highest BCUT2D eigenvalue weighted by Crippen LogP contribution is 2.43. The van der Waals surface area contributed by atoms with Crippen molar-refractivity contribution < 1.29 is 32.8 Å². The molecule has 0 aliphatic carbocycles. The standard InChI is InChI=1S/C24H15F3N2O5/c25-24(26,27)16-9-5-10-17(13-16)28-20(15-8-4-11-18(12-15)29(33)34)19(22(31)23(28)32)21(30)14-6-2-1-3-7-14/h1-13,20,30H/t20-/m1/s1. The number of aliphatic hydroxyl groups excluding tert-OH is 1. The van der Waals surface area contributed by atoms with Gasteiger partial charge in [-0.1, -0.05) is 48.5 Å². The lowest BCUT2D eigenvalue weighted by Crippen LogP contribution is -2.29. The van der Waals surface area contributed by atoms with Gasteiger partial charge in [-0.3, -0.25) is 24.6 Å². The summed E-state index contributed by atoms with van der Waals surface area (Å²) in [5.41, 5.74) is -1.78. The van der Waals surface area contributed by atoms with Crippen molar-refractivity contribution in [1.82, 2.24) is 0 Å². The van der Waals surface area contributed by atoms with Crippen LogP contribution in [0.5, 0.6) is 0 Å². The van der Waals surface area contributed by atoms with Gasteiger partial charge in [0.2, 0.25) is 0 Å². The van der Waals surface area contributed by atoms with Crippen LogP contribution in [0.2, 0.25) is 0 Å². The van der Waals surface area contributed by atoms with Crippen LogP contribution >= 0.6 is 0 Å². The third-order valence-electron chi connectivity index (χ3n) is 5.34. The number of hydrogen-bond acceptors (Lipinski definition) is 5. The van der Waals surface area contributed by atoms with Crippen molar-refractivity contribution in [2.75, 3.05) is 4.90 Å². The van der Waals surface area contributed by atoms with Gasteiger partial charge < -0.3 is 5.11 Å². The van der Waals surface area contributed by atoms with Gasteiger partial charge in [0.15, 0.2) is 0 Å². The summed E-state index contributed by atoms with van der Waals surface area (Å²) in [6, 6.07) is 15.2. The molecule has 4 rings (SSSR count). The Morgan fingerprint density at radius 3 is 2.26 bits per heavy atom.